The monoisotopic (exact) mass is 438 g/mol. The standard InChI is InChI=1S/C23H22N2O5S/c1-16(26)18-8-12-21(13-9-18)30-17(2)23(27)24-19-10-14-22(15-11-19)31(28,29)25-20-6-4-3-5-7-20/h3-15,17,25H,1-2H3,(H,24,27). The van der Waals surface area contributed by atoms with Crippen LogP contribution in [0.4, 0.5) is 11.4 Å². The van der Waals surface area contributed by atoms with Crippen molar-refractivity contribution in [3.8, 4) is 5.75 Å². The minimum atomic E-state index is -3.74. The third-order valence-corrected chi connectivity index (χ3v) is 5.80. The van der Waals surface area contributed by atoms with Crippen molar-refractivity contribution >= 4 is 33.1 Å². The van der Waals surface area contributed by atoms with E-state index in [9.17, 15) is 18.0 Å². The second kappa shape index (κ2) is 9.44. The second-order valence-corrected chi connectivity index (χ2v) is 8.51. The van der Waals surface area contributed by atoms with Crippen LogP contribution in [0, 0.1) is 0 Å². The number of anilines is 2. The van der Waals surface area contributed by atoms with E-state index in [1.165, 1.54) is 31.2 Å². The van der Waals surface area contributed by atoms with Crippen molar-refractivity contribution in [1.29, 1.82) is 0 Å². The van der Waals surface area contributed by atoms with Gasteiger partial charge in [-0.25, -0.2) is 8.42 Å². The van der Waals surface area contributed by atoms with E-state index in [0.717, 1.165) is 0 Å². The molecule has 3 aromatic carbocycles. The number of hydrogen-bond acceptors (Lipinski definition) is 5. The lowest BCUT2D eigenvalue weighted by Crippen LogP contribution is -2.30. The molecule has 1 amide bonds. The summed E-state index contributed by atoms with van der Waals surface area (Å²) in [4.78, 5) is 23.8. The highest BCUT2D eigenvalue weighted by atomic mass is 32.2. The third kappa shape index (κ3) is 5.93. The predicted molar refractivity (Wildman–Crippen MR) is 119 cm³/mol. The first-order valence-corrected chi connectivity index (χ1v) is 11.0. The summed E-state index contributed by atoms with van der Waals surface area (Å²) in [6.07, 6.45) is -0.800. The predicted octanol–water partition coefficient (Wildman–Crippen LogP) is 4.10. The number of ether oxygens (including phenoxy) is 1. The van der Waals surface area contributed by atoms with Crippen molar-refractivity contribution in [2.45, 2.75) is 24.8 Å². The fourth-order valence-electron chi connectivity index (χ4n) is 2.71. The first-order chi connectivity index (χ1) is 14.7. The molecule has 0 aromatic heterocycles. The van der Waals surface area contributed by atoms with Gasteiger partial charge in [0, 0.05) is 16.9 Å². The topological polar surface area (TPSA) is 102 Å². The zero-order valence-electron chi connectivity index (χ0n) is 17.0. The van der Waals surface area contributed by atoms with E-state index in [1.54, 1.807) is 61.5 Å². The van der Waals surface area contributed by atoms with E-state index in [2.05, 4.69) is 10.0 Å². The van der Waals surface area contributed by atoms with Crippen LogP contribution in [0.2, 0.25) is 0 Å². The first kappa shape index (κ1) is 22.0. The molecule has 0 bridgehead atoms. The van der Waals surface area contributed by atoms with Gasteiger partial charge < -0.3 is 10.1 Å². The number of sulfonamides is 1. The van der Waals surface area contributed by atoms with E-state index >= 15 is 0 Å². The summed E-state index contributed by atoms with van der Waals surface area (Å²) in [6.45, 7) is 3.07. The van der Waals surface area contributed by atoms with Gasteiger partial charge in [-0.3, -0.25) is 14.3 Å². The number of ketones is 1. The van der Waals surface area contributed by atoms with Crippen molar-refractivity contribution in [2.24, 2.45) is 0 Å². The molecule has 1 atom stereocenters. The number of para-hydroxylation sites is 1. The van der Waals surface area contributed by atoms with E-state index in [-0.39, 0.29) is 10.7 Å². The molecule has 3 aromatic rings. The third-order valence-electron chi connectivity index (χ3n) is 4.40. The molecule has 0 aliphatic rings. The van der Waals surface area contributed by atoms with Gasteiger partial charge in [-0.1, -0.05) is 18.2 Å². The maximum atomic E-state index is 12.5. The number of benzene rings is 3. The largest absolute Gasteiger partial charge is 0.481 e. The number of Topliss-reactive ketones (excluding diaryl/α,β-unsaturated/α-hetero) is 1. The van der Waals surface area contributed by atoms with Crippen molar-refractivity contribution in [3.05, 3.63) is 84.4 Å². The van der Waals surface area contributed by atoms with Gasteiger partial charge in [0.2, 0.25) is 0 Å². The summed E-state index contributed by atoms with van der Waals surface area (Å²) in [6, 6.07) is 20.9. The Hall–Kier alpha value is -3.65. The molecule has 1 unspecified atom stereocenters. The van der Waals surface area contributed by atoms with Crippen LogP contribution in [0.3, 0.4) is 0 Å². The Balaban J connectivity index is 1.60. The quantitative estimate of drug-likeness (QED) is 0.516. The molecule has 0 aliphatic heterocycles. The molecule has 3 rings (SSSR count). The van der Waals surface area contributed by atoms with E-state index < -0.39 is 22.0 Å². The van der Waals surface area contributed by atoms with Crippen LogP contribution in [-0.4, -0.2) is 26.2 Å². The van der Waals surface area contributed by atoms with Crippen molar-refractivity contribution in [1.82, 2.24) is 0 Å². The second-order valence-electron chi connectivity index (χ2n) is 6.83. The van der Waals surface area contributed by atoms with Crippen LogP contribution in [0.5, 0.6) is 5.75 Å². The molecule has 0 saturated heterocycles. The fourth-order valence-corrected chi connectivity index (χ4v) is 3.77. The molecule has 31 heavy (non-hydrogen) atoms. The van der Waals surface area contributed by atoms with Crippen molar-refractivity contribution < 1.29 is 22.7 Å². The van der Waals surface area contributed by atoms with Gasteiger partial charge in [0.05, 0.1) is 4.90 Å². The minimum absolute atomic E-state index is 0.0539. The molecule has 0 heterocycles. The summed E-state index contributed by atoms with van der Waals surface area (Å²) >= 11 is 0. The molecular weight excluding hydrogens is 416 g/mol. The zero-order valence-corrected chi connectivity index (χ0v) is 17.8. The van der Waals surface area contributed by atoms with Crippen LogP contribution in [0.15, 0.2) is 83.8 Å². The lowest BCUT2D eigenvalue weighted by molar-refractivity contribution is -0.122. The Morgan fingerprint density at radius 1 is 0.839 bits per heavy atom. The van der Waals surface area contributed by atoms with E-state index in [4.69, 9.17) is 4.74 Å². The van der Waals surface area contributed by atoms with Crippen LogP contribution >= 0.6 is 0 Å². The number of amides is 1. The molecule has 0 aliphatic carbocycles. The van der Waals surface area contributed by atoms with Gasteiger partial charge in [0.25, 0.3) is 15.9 Å². The van der Waals surface area contributed by atoms with Gasteiger partial charge >= 0.3 is 0 Å². The molecule has 0 saturated carbocycles. The normalized spacial score (nSPS) is 11.9. The van der Waals surface area contributed by atoms with Crippen LogP contribution in [-0.2, 0) is 14.8 Å². The summed E-state index contributed by atoms with van der Waals surface area (Å²) in [5, 5.41) is 2.69. The Kier molecular flexibility index (Phi) is 6.71. The minimum Gasteiger partial charge on any atom is -0.481 e. The Morgan fingerprint density at radius 2 is 1.45 bits per heavy atom. The van der Waals surface area contributed by atoms with Crippen molar-refractivity contribution in [2.75, 3.05) is 10.0 Å². The fraction of sp³-hybridized carbons (Fsp3) is 0.130. The van der Waals surface area contributed by atoms with Crippen LogP contribution in [0.25, 0.3) is 0 Å². The molecule has 0 spiro atoms. The highest BCUT2D eigenvalue weighted by Gasteiger charge is 2.17. The molecular formula is C23H22N2O5S. The number of nitrogens with one attached hydrogen (secondary N) is 2. The number of carbonyl (C=O) groups is 2. The molecule has 7 nitrogen and oxygen atoms in total. The Labute approximate surface area is 181 Å². The number of carbonyl (C=O) groups excluding carboxylic acids is 2. The average Bonchev–Trinajstić information content (AvgIpc) is 2.75. The summed E-state index contributed by atoms with van der Waals surface area (Å²) < 4.78 is 33.0. The Bertz CT molecular complexity index is 1160. The summed E-state index contributed by atoms with van der Waals surface area (Å²) in [5.74, 6) is 0.0107. The van der Waals surface area contributed by atoms with Gasteiger partial charge in [-0.05, 0) is 74.5 Å². The lowest BCUT2D eigenvalue weighted by Gasteiger charge is -2.15. The number of hydrogen-bond donors (Lipinski definition) is 2. The van der Waals surface area contributed by atoms with E-state index in [1.807, 2.05) is 0 Å². The van der Waals surface area contributed by atoms with Gasteiger partial charge in [0.1, 0.15) is 5.75 Å². The molecule has 2 N–H and O–H groups in total. The van der Waals surface area contributed by atoms with Crippen LogP contribution < -0.4 is 14.8 Å². The molecule has 0 fully saturated rings. The highest BCUT2D eigenvalue weighted by molar-refractivity contribution is 7.92. The number of rotatable bonds is 8. The highest BCUT2D eigenvalue weighted by Crippen LogP contribution is 2.19. The zero-order chi connectivity index (χ0) is 22.4. The molecule has 8 heteroatoms. The Morgan fingerprint density at radius 3 is 2.03 bits per heavy atom. The van der Waals surface area contributed by atoms with Gasteiger partial charge in [-0.2, -0.15) is 0 Å². The van der Waals surface area contributed by atoms with Gasteiger partial charge in [-0.15, -0.1) is 0 Å². The summed E-state index contributed by atoms with van der Waals surface area (Å²) in [5.41, 5.74) is 1.45. The average molecular weight is 439 g/mol. The van der Waals surface area contributed by atoms with Crippen molar-refractivity contribution in [3.63, 3.8) is 0 Å². The van der Waals surface area contributed by atoms with Gasteiger partial charge in [0.15, 0.2) is 11.9 Å². The maximum Gasteiger partial charge on any atom is 0.265 e. The smallest absolute Gasteiger partial charge is 0.265 e. The lowest BCUT2D eigenvalue weighted by atomic mass is 10.1. The molecule has 160 valence electrons. The SMILES string of the molecule is CC(=O)c1ccc(OC(C)C(=O)Nc2ccc(S(=O)(=O)Nc3ccccc3)cc2)cc1. The van der Waals surface area contributed by atoms with E-state index in [0.29, 0.717) is 22.7 Å². The summed E-state index contributed by atoms with van der Waals surface area (Å²) in [7, 11) is -3.74. The first-order valence-electron chi connectivity index (χ1n) is 9.51. The maximum absolute atomic E-state index is 12.5. The molecule has 0 radical (unpaired) electrons. The van der Waals surface area contributed by atoms with Crippen LogP contribution in [0.1, 0.15) is 24.2 Å².